The first-order valence-corrected chi connectivity index (χ1v) is 7.90. The summed E-state index contributed by atoms with van der Waals surface area (Å²) in [6, 6.07) is -0.0236. The molecule has 0 amide bonds. The predicted octanol–water partition coefficient (Wildman–Crippen LogP) is 3.38. The van der Waals surface area contributed by atoms with E-state index in [9.17, 15) is 8.78 Å². The SMILES string of the molecule is COC1(C(CC2CCC(F)(F)C2)NN)CCCCCC1. The molecule has 2 rings (SSSR count). The van der Waals surface area contributed by atoms with Gasteiger partial charge in [0.2, 0.25) is 5.92 Å². The lowest BCUT2D eigenvalue weighted by Gasteiger charge is -2.40. The van der Waals surface area contributed by atoms with Crippen LogP contribution in [0.4, 0.5) is 8.78 Å². The van der Waals surface area contributed by atoms with E-state index in [2.05, 4.69) is 5.43 Å². The Morgan fingerprint density at radius 2 is 1.85 bits per heavy atom. The van der Waals surface area contributed by atoms with Crippen LogP contribution in [0, 0.1) is 5.92 Å². The van der Waals surface area contributed by atoms with Crippen molar-refractivity contribution in [1.29, 1.82) is 0 Å². The molecule has 20 heavy (non-hydrogen) atoms. The molecule has 0 aliphatic heterocycles. The lowest BCUT2D eigenvalue weighted by molar-refractivity contribution is -0.0600. The molecule has 2 aliphatic rings. The molecule has 0 heterocycles. The summed E-state index contributed by atoms with van der Waals surface area (Å²) in [6.45, 7) is 0. The highest BCUT2D eigenvalue weighted by molar-refractivity contribution is 4.96. The fourth-order valence-corrected chi connectivity index (χ4v) is 4.03. The van der Waals surface area contributed by atoms with E-state index >= 15 is 0 Å². The van der Waals surface area contributed by atoms with Gasteiger partial charge in [0, 0.05) is 20.0 Å². The predicted molar refractivity (Wildman–Crippen MR) is 75.5 cm³/mol. The zero-order chi connectivity index (χ0) is 14.6. The van der Waals surface area contributed by atoms with Crippen LogP contribution in [0.2, 0.25) is 0 Å². The van der Waals surface area contributed by atoms with E-state index in [4.69, 9.17) is 10.6 Å². The van der Waals surface area contributed by atoms with Crippen molar-refractivity contribution in [3.05, 3.63) is 0 Å². The molecule has 3 N–H and O–H groups in total. The fourth-order valence-electron chi connectivity index (χ4n) is 4.03. The lowest BCUT2D eigenvalue weighted by Crippen LogP contribution is -2.55. The number of nitrogens with one attached hydrogen (secondary N) is 1. The largest absolute Gasteiger partial charge is 0.377 e. The quantitative estimate of drug-likeness (QED) is 0.463. The average molecular weight is 290 g/mol. The number of alkyl halides is 2. The summed E-state index contributed by atoms with van der Waals surface area (Å²) in [4.78, 5) is 0. The summed E-state index contributed by atoms with van der Waals surface area (Å²) in [7, 11) is 1.74. The molecule has 0 bridgehead atoms. The number of rotatable bonds is 5. The molecule has 0 aromatic carbocycles. The number of hydrogen-bond acceptors (Lipinski definition) is 3. The van der Waals surface area contributed by atoms with Crippen molar-refractivity contribution in [2.75, 3.05) is 7.11 Å². The molecule has 0 radical (unpaired) electrons. The molecular formula is C15H28F2N2O. The maximum absolute atomic E-state index is 13.4. The minimum Gasteiger partial charge on any atom is -0.377 e. The highest BCUT2D eigenvalue weighted by Crippen LogP contribution is 2.43. The Hall–Kier alpha value is -0.260. The first-order valence-electron chi connectivity index (χ1n) is 7.90. The van der Waals surface area contributed by atoms with Gasteiger partial charge in [0.15, 0.2) is 0 Å². The van der Waals surface area contributed by atoms with E-state index in [1.807, 2.05) is 0 Å². The number of hydrazine groups is 1. The number of ether oxygens (including phenoxy) is 1. The molecular weight excluding hydrogens is 262 g/mol. The Labute approximate surface area is 120 Å². The van der Waals surface area contributed by atoms with Gasteiger partial charge in [-0.15, -0.1) is 0 Å². The minimum absolute atomic E-state index is 0.00493. The van der Waals surface area contributed by atoms with Crippen LogP contribution in [-0.4, -0.2) is 24.7 Å². The molecule has 2 aliphatic carbocycles. The van der Waals surface area contributed by atoms with Gasteiger partial charge in [-0.3, -0.25) is 11.3 Å². The molecule has 0 spiro atoms. The third-order valence-corrected chi connectivity index (χ3v) is 5.27. The number of halogens is 2. The van der Waals surface area contributed by atoms with Gasteiger partial charge in [0.25, 0.3) is 0 Å². The normalized spacial score (nSPS) is 30.9. The van der Waals surface area contributed by atoms with E-state index in [1.165, 1.54) is 12.8 Å². The molecule has 118 valence electrons. The van der Waals surface area contributed by atoms with Gasteiger partial charge in [0.05, 0.1) is 11.6 Å². The summed E-state index contributed by atoms with van der Waals surface area (Å²) in [5, 5.41) is 0. The smallest absolute Gasteiger partial charge is 0.248 e. The third-order valence-electron chi connectivity index (χ3n) is 5.27. The molecule has 3 nitrogen and oxygen atoms in total. The van der Waals surface area contributed by atoms with Gasteiger partial charge in [-0.25, -0.2) is 8.78 Å². The van der Waals surface area contributed by atoms with Crippen LogP contribution < -0.4 is 11.3 Å². The molecule has 0 aromatic rings. The summed E-state index contributed by atoms with van der Waals surface area (Å²) >= 11 is 0. The second kappa shape index (κ2) is 6.67. The van der Waals surface area contributed by atoms with Crippen molar-refractivity contribution >= 4 is 0 Å². The van der Waals surface area contributed by atoms with Crippen LogP contribution in [0.1, 0.15) is 64.2 Å². The van der Waals surface area contributed by atoms with Gasteiger partial charge < -0.3 is 4.74 Å². The van der Waals surface area contributed by atoms with Crippen molar-refractivity contribution in [3.63, 3.8) is 0 Å². The maximum atomic E-state index is 13.4. The van der Waals surface area contributed by atoms with E-state index in [0.717, 1.165) is 25.7 Å². The third kappa shape index (κ3) is 3.68. The van der Waals surface area contributed by atoms with E-state index < -0.39 is 5.92 Å². The molecule has 2 unspecified atom stereocenters. The Kier molecular flexibility index (Phi) is 5.37. The molecule has 5 heteroatoms. The number of nitrogens with two attached hydrogens (primary N) is 1. The number of methoxy groups -OCH3 is 1. The van der Waals surface area contributed by atoms with Crippen LogP contribution in [-0.2, 0) is 4.74 Å². The van der Waals surface area contributed by atoms with E-state index in [0.29, 0.717) is 12.8 Å². The van der Waals surface area contributed by atoms with Crippen LogP contribution in [0.15, 0.2) is 0 Å². The van der Waals surface area contributed by atoms with E-state index in [1.54, 1.807) is 7.11 Å². The highest BCUT2D eigenvalue weighted by atomic mass is 19.3. The zero-order valence-electron chi connectivity index (χ0n) is 12.5. The highest BCUT2D eigenvalue weighted by Gasteiger charge is 2.44. The average Bonchev–Trinajstić information content (AvgIpc) is 2.65. The maximum Gasteiger partial charge on any atom is 0.248 e. The standard InChI is InChI=1S/C15H28F2N2O/c1-20-14(7-4-2-3-5-8-14)13(19-18)10-12-6-9-15(16,17)11-12/h12-13,19H,2-11,18H2,1H3. The summed E-state index contributed by atoms with van der Waals surface area (Å²) in [5.74, 6) is 3.32. The topological polar surface area (TPSA) is 47.3 Å². The van der Waals surface area contributed by atoms with Crippen LogP contribution in [0.25, 0.3) is 0 Å². The van der Waals surface area contributed by atoms with E-state index in [-0.39, 0.29) is 30.4 Å². The monoisotopic (exact) mass is 290 g/mol. The first kappa shape index (κ1) is 16.1. The van der Waals surface area contributed by atoms with Gasteiger partial charge in [-0.05, 0) is 31.6 Å². The molecule has 2 saturated carbocycles. The van der Waals surface area contributed by atoms with Crippen LogP contribution in [0.3, 0.4) is 0 Å². The fraction of sp³-hybridized carbons (Fsp3) is 1.00. The van der Waals surface area contributed by atoms with Gasteiger partial charge in [0.1, 0.15) is 0 Å². The van der Waals surface area contributed by atoms with Crippen molar-refractivity contribution < 1.29 is 13.5 Å². The molecule has 2 fully saturated rings. The Morgan fingerprint density at radius 3 is 2.30 bits per heavy atom. The van der Waals surface area contributed by atoms with Gasteiger partial charge in [-0.2, -0.15) is 0 Å². The number of hydrogen-bond donors (Lipinski definition) is 2. The second-order valence-corrected chi connectivity index (χ2v) is 6.60. The van der Waals surface area contributed by atoms with Crippen molar-refractivity contribution in [2.45, 2.75) is 81.8 Å². The molecule has 0 saturated heterocycles. The molecule has 2 atom stereocenters. The Balaban J connectivity index is 2.01. The summed E-state index contributed by atoms with van der Waals surface area (Å²) in [6.07, 6.45) is 7.99. The van der Waals surface area contributed by atoms with Crippen molar-refractivity contribution in [2.24, 2.45) is 11.8 Å². The minimum atomic E-state index is -2.48. The first-order chi connectivity index (χ1) is 9.51. The lowest BCUT2D eigenvalue weighted by atomic mass is 9.81. The zero-order valence-corrected chi connectivity index (χ0v) is 12.5. The van der Waals surface area contributed by atoms with Crippen molar-refractivity contribution in [3.8, 4) is 0 Å². The van der Waals surface area contributed by atoms with Crippen LogP contribution in [0.5, 0.6) is 0 Å². The Bertz CT molecular complexity index is 304. The Morgan fingerprint density at radius 1 is 1.20 bits per heavy atom. The van der Waals surface area contributed by atoms with Gasteiger partial charge in [-0.1, -0.05) is 25.7 Å². The summed E-state index contributed by atoms with van der Waals surface area (Å²) < 4.78 is 32.5. The molecule has 0 aromatic heterocycles. The van der Waals surface area contributed by atoms with Gasteiger partial charge >= 0.3 is 0 Å². The van der Waals surface area contributed by atoms with Crippen LogP contribution >= 0.6 is 0 Å². The second-order valence-electron chi connectivity index (χ2n) is 6.60. The summed E-state index contributed by atoms with van der Waals surface area (Å²) in [5.41, 5.74) is 2.60. The van der Waals surface area contributed by atoms with Crippen molar-refractivity contribution in [1.82, 2.24) is 5.43 Å².